The fourth-order valence-corrected chi connectivity index (χ4v) is 20.9. The molecule has 143 heavy (non-hydrogen) atoms. The van der Waals surface area contributed by atoms with Crippen molar-refractivity contribution in [1.29, 1.82) is 10.5 Å². The number of aromatic nitrogens is 4. The summed E-state index contributed by atoms with van der Waals surface area (Å²) in [6.45, 7) is 0. The maximum Gasteiger partial charge on any atom is 0.178 e. The molecule has 0 aliphatic carbocycles. The van der Waals surface area contributed by atoms with Gasteiger partial charge in [0.05, 0.1) is 61.3 Å². The number of hydrogen-bond acceptors (Lipinski definition) is 2. The van der Waals surface area contributed by atoms with E-state index < -0.39 is 28.6 Å². The van der Waals surface area contributed by atoms with Gasteiger partial charge < -0.3 is 18.7 Å². The zero-order valence-electron chi connectivity index (χ0n) is 77.4. The summed E-state index contributed by atoms with van der Waals surface area (Å²) in [6, 6.07) is 182. The average Bonchev–Trinajstić information content (AvgIpc) is 1.54. The molecule has 26 aromatic rings. The number of nitrogens with zero attached hydrogens (tertiary/aromatic N) is 5. The lowest BCUT2D eigenvalue weighted by atomic mass is 9.88. The number of fused-ring (bicyclic) bond motifs is 12. The van der Waals surface area contributed by atoms with Gasteiger partial charge in [0.15, 0.2) is 11.6 Å². The van der Waals surface area contributed by atoms with Crippen LogP contribution in [-0.2, 0) is 0 Å². The van der Waals surface area contributed by atoms with Gasteiger partial charge in [-0.05, 0) is 208 Å². The normalized spacial score (nSPS) is 11.3. The lowest BCUT2D eigenvalue weighted by Gasteiger charge is -2.29. The molecule has 26 rings (SSSR count). The lowest BCUT2D eigenvalue weighted by Crippen LogP contribution is -2.14. The van der Waals surface area contributed by atoms with Crippen molar-refractivity contribution in [2.45, 2.75) is 0 Å². The van der Waals surface area contributed by atoms with Gasteiger partial charge in [0.25, 0.3) is 0 Å². The first-order valence-corrected chi connectivity index (χ1v) is 47.9. The summed E-state index contributed by atoms with van der Waals surface area (Å²) in [5.74, 6) is -3.64. The summed E-state index contributed by atoms with van der Waals surface area (Å²) < 4.78 is 51.0. The van der Waals surface area contributed by atoms with Crippen LogP contribution in [0.15, 0.2) is 510 Å². The SMILES string of the molecule is N#Cc1c(-c2ccccc2)c(-n2c3ccc(-c4ccccc4)cc3c3cc(-c4ccccc4)ccc32)c(-c2ccccc2)c(-n2c3ccc(-c4ccccc4)cc3c3cc(-c4ccccc4)ccc32)c1-n1c2ccc(-c3ccccc3)cc2c2cc(-c3ccccc3)ccc21.N#Cc1c(F)c(F)c(-c2ccccc2)c(F)c1-c1ccccc1.c1ccc(-c2ccc3[nH]c4ccc(-c5ccccc5)cc4c3c2)cc1. The van der Waals surface area contributed by atoms with Gasteiger partial charge in [-0.25, -0.2) is 13.2 Å². The van der Waals surface area contributed by atoms with E-state index in [1.54, 1.807) is 54.6 Å². The largest absolute Gasteiger partial charge is 0.355 e. The van der Waals surface area contributed by atoms with Crippen molar-refractivity contribution >= 4 is 87.2 Å². The second-order valence-electron chi connectivity index (χ2n) is 35.9. The summed E-state index contributed by atoms with van der Waals surface area (Å²) in [6.07, 6.45) is 0. The molecule has 0 bridgehead atoms. The minimum Gasteiger partial charge on any atom is -0.355 e. The van der Waals surface area contributed by atoms with E-state index >= 15 is 0 Å². The highest BCUT2D eigenvalue weighted by molar-refractivity contribution is 6.19. The highest BCUT2D eigenvalue weighted by atomic mass is 19.2. The Hall–Kier alpha value is -19.2. The van der Waals surface area contributed by atoms with Gasteiger partial charge in [-0.2, -0.15) is 10.5 Å². The van der Waals surface area contributed by atoms with Crippen LogP contribution in [0.25, 0.3) is 238 Å². The Kier molecular flexibility index (Phi) is 22.6. The number of H-pyrrole nitrogens is 1. The van der Waals surface area contributed by atoms with Crippen LogP contribution in [0, 0.1) is 40.1 Å². The van der Waals surface area contributed by atoms with Crippen LogP contribution in [0.5, 0.6) is 0 Å². The van der Waals surface area contributed by atoms with Gasteiger partial charge in [-0.1, -0.05) is 413 Å². The molecule has 4 aromatic heterocycles. The van der Waals surface area contributed by atoms with Crippen LogP contribution < -0.4 is 0 Å². The fourth-order valence-electron chi connectivity index (χ4n) is 20.9. The summed E-state index contributed by atoms with van der Waals surface area (Å²) in [5.41, 5.74) is 32.8. The highest BCUT2D eigenvalue weighted by Gasteiger charge is 2.36. The number of hydrogen-bond donors (Lipinski definition) is 1. The molecule has 0 amide bonds. The Morgan fingerprint density at radius 2 is 0.364 bits per heavy atom. The topological polar surface area (TPSA) is 78.2 Å². The van der Waals surface area contributed by atoms with Crippen molar-refractivity contribution in [3.05, 3.63) is 538 Å². The highest BCUT2D eigenvalue weighted by Crippen LogP contribution is 2.54. The third-order valence-corrected chi connectivity index (χ3v) is 27.6. The second-order valence-corrected chi connectivity index (χ2v) is 35.9. The van der Waals surface area contributed by atoms with Gasteiger partial charge in [-0.15, -0.1) is 0 Å². The van der Waals surface area contributed by atoms with Crippen LogP contribution in [0.1, 0.15) is 11.1 Å². The molecule has 672 valence electrons. The number of benzene rings is 22. The van der Waals surface area contributed by atoms with Crippen molar-refractivity contribution in [3.8, 4) is 163 Å². The number of nitrogens with one attached hydrogen (secondary N) is 1. The minimum absolute atomic E-state index is 0.211. The maximum atomic E-state index is 15.0. The smallest absolute Gasteiger partial charge is 0.178 e. The number of rotatable bonds is 15. The molecule has 0 radical (unpaired) electrons. The molecule has 22 aromatic carbocycles. The third-order valence-electron chi connectivity index (χ3n) is 27.6. The van der Waals surface area contributed by atoms with Crippen LogP contribution >= 0.6 is 0 Å². The number of aromatic amines is 1. The Labute approximate surface area is 824 Å². The van der Waals surface area contributed by atoms with Crippen LogP contribution in [0.4, 0.5) is 13.2 Å². The summed E-state index contributed by atoms with van der Waals surface area (Å²) in [7, 11) is 0. The lowest BCUT2D eigenvalue weighted by molar-refractivity contribution is 0.497. The molecule has 0 atom stereocenters. The van der Waals surface area contributed by atoms with Crippen molar-refractivity contribution in [1.82, 2.24) is 18.7 Å². The van der Waals surface area contributed by atoms with Gasteiger partial charge in [0.1, 0.15) is 23.5 Å². The first-order chi connectivity index (χ1) is 70.6. The predicted molar refractivity (Wildman–Crippen MR) is 586 cm³/mol. The molecule has 0 fully saturated rings. The van der Waals surface area contributed by atoms with E-state index in [2.05, 4.69) is 474 Å². The van der Waals surface area contributed by atoms with E-state index in [0.29, 0.717) is 11.1 Å². The first-order valence-electron chi connectivity index (χ1n) is 47.9. The van der Waals surface area contributed by atoms with Crippen LogP contribution in [-0.4, -0.2) is 18.7 Å². The zero-order valence-corrected chi connectivity index (χ0v) is 77.4. The van der Waals surface area contributed by atoms with E-state index in [1.807, 2.05) is 0 Å². The van der Waals surface area contributed by atoms with E-state index in [0.717, 1.165) is 171 Å². The monoisotopic (exact) mass is 1830 g/mol. The van der Waals surface area contributed by atoms with E-state index in [9.17, 15) is 18.4 Å². The van der Waals surface area contributed by atoms with Gasteiger partial charge in [-0.3, -0.25) is 0 Å². The molecule has 0 aliphatic heterocycles. The molecule has 0 saturated carbocycles. The number of halogens is 3. The third kappa shape index (κ3) is 15.8. The molecule has 4 heterocycles. The van der Waals surface area contributed by atoms with Gasteiger partial charge >= 0.3 is 0 Å². The standard InChI is InChI=1S/C91H58N4.C24H17N.C19H10F3N/c92-59-80-87(66-37-21-7-22-38-66)90(94-83-49-43-70(62-29-13-3-14-30-62)55-76(83)77-56-71(44-50-84(77)94)63-31-15-4-16-32-63)88(67-39-23-8-24-40-67)91(95-85-51-45-72(64-33-17-5-18-34-64)57-78(85)79-58-73(46-52-86(79)95)65-35-19-6-20-36-65)89(80)93-81-47-41-68(60-25-9-1-10-26-60)53-74(81)75-54-69(42-48-82(75)93)61-27-11-2-12-28-61;1-3-7-17(8-4-1)19-11-13-23-21(15-19)22-16-20(12-14-24(22)25-23)18-9-5-2-6-10-18;20-17-14(11-23)15(12-7-3-1-4-8-12)18(21)16(19(17)22)13-9-5-2-6-10-13/h1-58H;1-16,25H;1-10H. The summed E-state index contributed by atoms with van der Waals surface area (Å²) in [5, 5.41) is 31.4. The van der Waals surface area contributed by atoms with Gasteiger partial charge in [0, 0.05) is 70.8 Å². The van der Waals surface area contributed by atoms with Crippen molar-refractivity contribution < 1.29 is 13.2 Å². The van der Waals surface area contributed by atoms with Crippen LogP contribution in [0.2, 0.25) is 0 Å². The second kappa shape index (κ2) is 37.4. The Morgan fingerprint density at radius 1 is 0.161 bits per heavy atom. The molecule has 0 spiro atoms. The van der Waals surface area contributed by atoms with E-state index in [-0.39, 0.29) is 11.1 Å². The van der Waals surface area contributed by atoms with Crippen molar-refractivity contribution in [2.75, 3.05) is 0 Å². The summed E-state index contributed by atoms with van der Waals surface area (Å²) >= 11 is 0. The van der Waals surface area contributed by atoms with E-state index in [4.69, 9.17) is 5.26 Å². The quantitative estimate of drug-likeness (QED) is 0.104. The number of nitriles is 2. The Morgan fingerprint density at radius 3 is 0.615 bits per heavy atom. The molecule has 0 aliphatic rings. The molecule has 1 N–H and O–H groups in total. The van der Waals surface area contributed by atoms with Crippen LogP contribution in [0.3, 0.4) is 0 Å². The van der Waals surface area contributed by atoms with Crippen molar-refractivity contribution in [3.63, 3.8) is 0 Å². The average molecular weight is 1840 g/mol. The molecule has 9 heteroatoms. The fraction of sp³-hybridized carbons (Fsp3) is 0. The Bertz CT molecular complexity index is 9050. The zero-order chi connectivity index (χ0) is 96.0. The summed E-state index contributed by atoms with van der Waals surface area (Å²) in [4.78, 5) is 3.54. The van der Waals surface area contributed by atoms with Gasteiger partial charge in [0.2, 0.25) is 0 Å². The predicted octanol–water partition coefficient (Wildman–Crippen LogP) is 36.2. The molecule has 6 nitrogen and oxygen atoms in total. The Balaban J connectivity index is 0.000000185. The molecule has 0 unspecified atom stereocenters. The molecular formula is C134H85F3N6. The minimum atomic E-state index is -1.36. The van der Waals surface area contributed by atoms with E-state index in [1.165, 1.54) is 56.2 Å². The van der Waals surface area contributed by atoms with Crippen molar-refractivity contribution in [2.24, 2.45) is 0 Å². The first kappa shape index (κ1) is 86.6. The maximum absolute atomic E-state index is 15.0. The molecular weight excluding hydrogens is 1750 g/mol. The molecule has 0 saturated heterocycles.